The smallest absolute Gasteiger partial charge is 0.220 e. The van der Waals surface area contributed by atoms with Gasteiger partial charge in [-0.2, -0.15) is 0 Å². The summed E-state index contributed by atoms with van der Waals surface area (Å²) in [6.45, 7) is 1.84. The van der Waals surface area contributed by atoms with Crippen LogP contribution in [0.2, 0.25) is 0 Å². The maximum atomic E-state index is 12.9. The lowest BCUT2D eigenvalue weighted by Gasteiger charge is -2.08. The van der Waals surface area contributed by atoms with E-state index in [-0.39, 0.29) is 17.6 Å². The number of carbonyl (C=O) groups excluding carboxylic acids is 1. The molecule has 0 aliphatic rings. The number of aryl methyl sites for hydroxylation is 1. The zero-order chi connectivity index (χ0) is 14.5. The van der Waals surface area contributed by atoms with E-state index in [4.69, 9.17) is 5.73 Å². The summed E-state index contributed by atoms with van der Waals surface area (Å²) in [4.78, 5) is 11.0. The van der Waals surface area contributed by atoms with Gasteiger partial charge in [0.2, 0.25) is 5.91 Å². The van der Waals surface area contributed by atoms with Gasteiger partial charge < -0.3 is 5.73 Å². The van der Waals surface area contributed by atoms with Gasteiger partial charge in [0.25, 0.3) is 0 Å². The van der Waals surface area contributed by atoms with Gasteiger partial charge in [-0.1, -0.05) is 43.3 Å². The number of halogens is 1. The summed E-state index contributed by atoms with van der Waals surface area (Å²) in [6.07, 6.45) is 1.58. The van der Waals surface area contributed by atoms with E-state index in [2.05, 4.69) is 0 Å². The largest absolute Gasteiger partial charge is 0.369 e. The van der Waals surface area contributed by atoms with Gasteiger partial charge in [0.15, 0.2) is 0 Å². The Labute approximate surface area is 118 Å². The molecule has 0 saturated heterocycles. The van der Waals surface area contributed by atoms with E-state index in [1.54, 1.807) is 12.1 Å². The highest BCUT2D eigenvalue weighted by Gasteiger charge is 2.08. The van der Waals surface area contributed by atoms with Crippen LogP contribution in [0, 0.1) is 11.7 Å². The minimum absolute atomic E-state index is 0.105. The van der Waals surface area contributed by atoms with Crippen molar-refractivity contribution in [3.63, 3.8) is 0 Å². The minimum atomic E-state index is -0.257. The molecule has 20 heavy (non-hydrogen) atoms. The fraction of sp³-hybridized carbons (Fsp3) is 0.235. The first-order valence-electron chi connectivity index (χ1n) is 6.70. The first-order chi connectivity index (χ1) is 9.56. The van der Waals surface area contributed by atoms with Crippen molar-refractivity contribution in [1.29, 1.82) is 0 Å². The van der Waals surface area contributed by atoms with Crippen molar-refractivity contribution in [1.82, 2.24) is 0 Å². The monoisotopic (exact) mass is 271 g/mol. The van der Waals surface area contributed by atoms with Gasteiger partial charge in [0.05, 0.1) is 0 Å². The van der Waals surface area contributed by atoms with E-state index in [0.29, 0.717) is 0 Å². The van der Waals surface area contributed by atoms with E-state index in [9.17, 15) is 9.18 Å². The first-order valence-corrected chi connectivity index (χ1v) is 6.70. The van der Waals surface area contributed by atoms with Crippen molar-refractivity contribution in [3.8, 4) is 11.1 Å². The maximum Gasteiger partial charge on any atom is 0.220 e. The Morgan fingerprint density at radius 2 is 1.55 bits per heavy atom. The molecule has 2 aromatic rings. The fourth-order valence-electron chi connectivity index (χ4n) is 2.03. The molecule has 104 valence electrons. The van der Waals surface area contributed by atoms with Crippen LogP contribution in [0.3, 0.4) is 0 Å². The molecule has 0 radical (unpaired) electrons. The van der Waals surface area contributed by atoms with E-state index >= 15 is 0 Å². The minimum Gasteiger partial charge on any atom is -0.369 e. The van der Waals surface area contributed by atoms with E-state index in [1.165, 1.54) is 17.7 Å². The van der Waals surface area contributed by atoms with Gasteiger partial charge in [0, 0.05) is 5.92 Å². The van der Waals surface area contributed by atoms with Crippen LogP contribution in [0.25, 0.3) is 11.1 Å². The normalized spacial score (nSPS) is 12.1. The number of primary amides is 1. The molecular weight excluding hydrogens is 253 g/mol. The number of amides is 1. The molecule has 2 nitrogen and oxygen atoms in total. The Balaban J connectivity index is 2.03. The Morgan fingerprint density at radius 1 is 1.05 bits per heavy atom. The summed E-state index contributed by atoms with van der Waals surface area (Å²) in [5.74, 6) is -0.592. The highest BCUT2D eigenvalue weighted by atomic mass is 19.1. The molecule has 0 bridgehead atoms. The van der Waals surface area contributed by atoms with Crippen LogP contribution in [0.4, 0.5) is 4.39 Å². The quantitative estimate of drug-likeness (QED) is 0.888. The second-order valence-corrected chi connectivity index (χ2v) is 5.05. The second kappa shape index (κ2) is 6.33. The predicted molar refractivity (Wildman–Crippen MR) is 78.5 cm³/mol. The first kappa shape index (κ1) is 14.3. The molecule has 1 atom stereocenters. The highest BCUT2D eigenvalue weighted by molar-refractivity contribution is 5.76. The zero-order valence-corrected chi connectivity index (χ0v) is 11.5. The Bertz CT molecular complexity index is 575. The van der Waals surface area contributed by atoms with Crippen molar-refractivity contribution in [2.45, 2.75) is 19.8 Å². The van der Waals surface area contributed by atoms with Crippen molar-refractivity contribution in [3.05, 3.63) is 59.9 Å². The lowest BCUT2D eigenvalue weighted by molar-refractivity contribution is -0.121. The third-order valence-electron chi connectivity index (χ3n) is 3.48. The average molecular weight is 271 g/mol. The van der Waals surface area contributed by atoms with Crippen molar-refractivity contribution in [2.24, 2.45) is 11.7 Å². The second-order valence-electron chi connectivity index (χ2n) is 5.05. The molecule has 0 unspecified atom stereocenters. The van der Waals surface area contributed by atoms with E-state index in [0.717, 1.165) is 24.0 Å². The summed E-state index contributed by atoms with van der Waals surface area (Å²) in [6, 6.07) is 14.5. The van der Waals surface area contributed by atoms with Gasteiger partial charge >= 0.3 is 0 Å². The van der Waals surface area contributed by atoms with Crippen LogP contribution >= 0.6 is 0 Å². The van der Waals surface area contributed by atoms with Crippen molar-refractivity contribution < 1.29 is 9.18 Å². The topological polar surface area (TPSA) is 43.1 Å². The van der Waals surface area contributed by atoms with Crippen LogP contribution in [0.15, 0.2) is 48.5 Å². The van der Waals surface area contributed by atoms with E-state index < -0.39 is 0 Å². The van der Waals surface area contributed by atoms with Gasteiger partial charge in [0.1, 0.15) is 5.82 Å². The van der Waals surface area contributed by atoms with Crippen LogP contribution < -0.4 is 5.73 Å². The van der Waals surface area contributed by atoms with Gasteiger partial charge in [-0.05, 0) is 41.7 Å². The molecule has 0 fully saturated rings. The van der Waals surface area contributed by atoms with Gasteiger partial charge in [-0.3, -0.25) is 4.79 Å². The molecule has 0 spiro atoms. The lowest BCUT2D eigenvalue weighted by Crippen LogP contribution is -2.20. The molecular formula is C17H18FNO. The molecule has 2 aromatic carbocycles. The summed E-state index contributed by atoms with van der Waals surface area (Å²) in [5, 5.41) is 0. The highest BCUT2D eigenvalue weighted by Crippen LogP contribution is 2.21. The molecule has 1 amide bonds. The average Bonchev–Trinajstić information content (AvgIpc) is 2.46. The lowest BCUT2D eigenvalue weighted by atomic mass is 9.98. The SMILES string of the molecule is C[C@H](CCc1ccc(-c2ccc(F)cc2)cc1)C(N)=O. The number of nitrogens with two attached hydrogens (primary N) is 1. The summed E-state index contributed by atoms with van der Waals surface area (Å²) < 4.78 is 12.9. The van der Waals surface area contributed by atoms with Crippen molar-refractivity contribution >= 4 is 5.91 Å². The molecule has 0 aliphatic heterocycles. The van der Waals surface area contributed by atoms with E-state index in [1.807, 2.05) is 31.2 Å². The van der Waals surface area contributed by atoms with Crippen LogP contribution in [-0.2, 0) is 11.2 Å². The van der Waals surface area contributed by atoms with Crippen LogP contribution in [0.5, 0.6) is 0 Å². The Hall–Kier alpha value is -2.16. The van der Waals surface area contributed by atoms with Crippen LogP contribution in [-0.4, -0.2) is 5.91 Å². The third-order valence-corrected chi connectivity index (χ3v) is 3.48. The Morgan fingerprint density at radius 3 is 2.05 bits per heavy atom. The Kier molecular flexibility index (Phi) is 4.51. The zero-order valence-electron chi connectivity index (χ0n) is 11.5. The number of hydrogen-bond donors (Lipinski definition) is 1. The molecule has 2 N–H and O–H groups in total. The molecule has 0 aromatic heterocycles. The summed E-state index contributed by atoms with van der Waals surface area (Å²) in [7, 11) is 0. The molecule has 3 heteroatoms. The molecule has 0 saturated carbocycles. The predicted octanol–water partition coefficient (Wildman–Crippen LogP) is 3.55. The number of rotatable bonds is 5. The number of hydrogen-bond acceptors (Lipinski definition) is 1. The molecule has 0 heterocycles. The molecule has 2 rings (SSSR count). The van der Waals surface area contributed by atoms with Gasteiger partial charge in [-0.25, -0.2) is 4.39 Å². The number of carbonyl (C=O) groups is 1. The third kappa shape index (κ3) is 3.67. The van der Waals surface area contributed by atoms with Gasteiger partial charge in [-0.15, -0.1) is 0 Å². The number of benzene rings is 2. The van der Waals surface area contributed by atoms with Crippen LogP contribution in [0.1, 0.15) is 18.9 Å². The fourth-order valence-corrected chi connectivity index (χ4v) is 2.03. The van der Waals surface area contributed by atoms with Crippen molar-refractivity contribution in [2.75, 3.05) is 0 Å². The standard InChI is InChI=1S/C17H18FNO/c1-12(17(19)20)2-3-13-4-6-14(7-5-13)15-8-10-16(18)11-9-15/h4-12H,2-3H2,1H3,(H2,19,20)/t12-/m1/s1. The molecule has 0 aliphatic carbocycles. The summed E-state index contributed by atoms with van der Waals surface area (Å²) >= 11 is 0. The maximum absolute atomic E-state index is 12.9. The summed E-state index contributed by atoms with van der Waals surface area (Å²) in [5.41, 5.74) is 8.46.